The molecule has 126 valence electrons. The summed E-state index contributed by atoms with van der Waals surface area (Å²) in [5.41, 5.74) is 2.11. The van der Waals surface area contributed by atoms with E-state index in [1.807, 2.05) is 72.5 Å². The van der Waals surface area contributed by atoms with Crippen molar-refractivity contribution in [2.24, 2.45) is 0 Å². The molecule has 1 amide bonds. The number of carbonyl (C=O) groups excluding carboxylic acids is 1. The standard InChI is InChI=1S/C21H25NO2/c1-2-24-19-13-15-22(16-14-19)21(23)20(17-9-5-3-6-10-17)18-11-7-4-8-12-18/h3-12,19-20H,2,13-16H2,1H3. The first-order chi connectivity index (χ1) is 11.8. The first-order valence-corrected chi connectivity index (χ1v) is 8.80. The Morgan fingerprint density at radius 3 is 1.96 bits per heavy atom. The molecule has 1 aliphatic heterocycles. The highest BCUT2D eigenvalue weighted by Gasteiger charge is 2.30. The van der Waals surface area contributed by atoms with Crippen molar-refractivity contribution in [2.75, 3.05) is 19.7 Å². The second kappa shape index (κ2) is 8.11. The number of hydrogen-bond donors (Lipinski definition) is 0. The van der Waals surface area contributed by atoms with Crippen LogP contribution < -0.4 is 0 Å². The van der Waals surface area contributed by atoms with E-state index in [0.29, 0.717) is 6.10 Å². The maximum Gasteiger partial charge on any atom is 0.234 e. The number of rotatable bonds is 5. The molecule has 0 bridgehead atoms. The van der Waals surface area contributed by atoms with E-state index in [-0.39, 0.29) is 11.8 Å². The molecule has 0 N–H and O–H groups in total. The fraction of sp³-hybridized carbons (Fsp3) is 0.381. The fourth-order valence-corrected chi connectivity index (χ4v) is 3.43. The van der Waals surface area contributed by atoms with E-state index in [2.05, 4.69) is 0 Å². The van der Waals surface area contributed by atoms with Gasteiger partial charge in [0.1, 0.15) is 0 Å². The summed E-state index contributed by atoms with van der Waals surface area (Å²) in [6.45, 7) is 4.33. The third kappa shape index (κ3) is 3.85. The van der Waals surface area contributed by atoms with E-state index in [0.717, 1.165) is 43.7 Å². The van der Waals surface area contributed by atoms with Gasteiger partial charge in [-0.2, -0.15) is 0 Å². The van der Waals surface area contributed by atoms with E-state index in [9.17, 15) is 4.79 Å². The SMILES string of the molecule is CCOC1CCN(C(=O)C(c2ccccc2)c2ccccc2)CC1. The Balaban J connectivity index is 1.80. The van der Waals surface area contributed by atoms with Crippen molar-refractivity contribution in [2.45, 2.75) is 31.8 Å². The van der Waals surface area contributed by atoms with E-state index < -0.39 is 0 Å². The number of benzene rings is 2. The molecule has 0 aliphatic carbocycles. The third-order valence-electron chi connectivity index (χ3n) is 4.67. The molecule has 1 heterocycles. The summed E-state index contributed by atoms with van der Waals surface area (Å²) in [6, 6.07) is 20.2. The lowest BCUT2D eigenvalue weighted by molar-refractivity contribution is -0.134. The van der Waals surface area contributed by atoms with Gasteiger partial charge in [-0.15, -0.1) is 0 Å². The van der Waals surface area contributed by atoms with Gasteiger partial charge < -0.3 is 9.64 Å². The van der Waals surface area contributed by atoms with Gasteiger partial charge in [-0.05, 0) is 30.9 Å². The molecule has 0 atom stereocenters. The Morgan fingerprint density at radius 2 is 1.50 bits per heavy atom. The molecule has 2 aromatic carbocycles. The summed E-state index contributed by atoms with van der Waals surface area (Å²) in [5, 5.41) is 0. The van der Waals surface area contributed by atoms with Gasteiger partial charge in [0.25, 0.3) is 0 Å². The van der Waals surface area contributed by atoms with Gasteiger partial charge in [0.05, 0.1) is 12.0 Å². The first kappa shape index (κ1) is 16.7. The molecule has 3 nitrogen and oxygen atoms in total. The van der Waals surface area contributed by atoms with Crippen molar-refractivity contribution in [1.82, 2.24) is 4.90 Å². The minimum atomic E-state index is -0.226. The van der Waals surface area contributed by atoms with E-state index >= 15 is 0 Å². The normalized spacial score (nSPS) is 15.7. The fourth-order valence-electron chi connectivity index (χ4n) is 3.43. The lowest BCUT2D eigenvalue weighted by Crippen LogP contribution is -2.43. The Morgan fingerprint density at radius 1 is 1.00 bits per heavy atom. The predicted molar refractivity (Wildman–Crippen MR) is 96.0 cm³/mol. The zero-order valence-electron chi connectivity index (χ0n) is 14.2. The minimum absolute atomic E-state index is 0.197. The van der Waals surface area contributed by atoms with Crippen LogP contribution in [0.25, 0.3) is 0 Å². The monoisotopic (exact) mass is 323 g/mol. The van der Waals surface area contributed by atoms with Crippen molar-refractivity contribution in [3.8, 4) is 0 Å². The van der Waals surface area contributed by atoms with Crippen LogP contribution in [0.5, 0.6) is 0 Å². The van der Waals surface area contributed by atoms with E-state index in [1.165, 1.54) is 0 Å². The molecule has 0 aromatic heterocycles. The first-order valence-electron chi connectivity index (χ1n) is 8.80. The van der Waals surface area contributed by atoms with Crippen LogP contribution in [-0.4, -0.2) is 36.6 Å². The van der Waals surface area contributed by atoms with Gasteiger partial charge in [-0.3, -0.25) is 4.79 Å². The summed E-state index contributed by atoms with van der Waals surface area (Å²) in [6.07, 6.45) is 2.15. The molecule has 0 saturated carbocycles. The minimum Gasteiger partial charge on any atom is -0.378 e. The van der Waals surface area contributed by atoms with Crippen molar-refractivity contribution in [3.63, 3.8) is 0 Å². The zero-order chi connectivity index (χ0) is 16.8. The van der Waals surface area contributed by atoms with Gasteiger partial charge in [0.15, 0.2) is 0 Å². The van der Waals surface area contributed by atoms with Crippen LogP contribution in [0.2, 0.25) is 0 Å². The topological polar surface area (TPSA) is 29.5 Å². The van der Waals surface area contributed by atoms with Crippen LogP contribution in [0.15, 0.2) is 60.7 Å². The summed E-state index contributed by atoms with van der Waals surface area (Å²) in [5.74, 6) is -0.0293. The van der Waals surface area contributed by atoms with Crippen LogP contribution in [0.1, 0.15) is 36.8 Å². The van der Waals surface area contributed by atoms with Crippen LogP contribution in [-0.2, 0) is 9.53 Å². The van der Waals surface area contributed by atoms with Crippen molar-refractivity contribution < 1.29 is 9.53 Å². The second-order valence-electron chi connectivity index (χ2n) is 6.23. The molecule has 1 aliphatic rings. The second-order valence-corrected chi connectivity index (χ2v) is 6.23. The van der Waals surface area contributed by atoms with Gasteiger partial charge in [-0.1, -0.05) is 60.7 Å². The summed E-state index contributed by atoms with van der Waals surface area (Å²) in [4.78, 5) is 15.2. The largest absolute Gasteiger partial charge is 0.378 e. The lowest BCUT2D eigenvalue weighted by atomic mass is 9.89. The highest BCUT2D eigenvalue weighted by Crippen LogP contribution is 2.28. The van der Waals surface area contributed by atoms with Crippen molar-refractivity contribution >= 4 is 5.91 Å². The Hall–Kier alpha value is -2.13. The predicted octanol–water partition coefficient (Wildman–Crippen LogP) is 3.85. The Bertz CT molecular complexity index is 594. The Kier molecular flexibility index (Phi) is 5.65. The summed E-state index contributed by atoms with van der Waals surface area (Å²) < 4.78 is 5.70. The van der Waals surface area contributed by atoms with E-state index in [1.54, 1.807) is 0 Å². The number of hydrogen-bond acceptors (Lipinski definition) is 2. The molecule has 2 aromatic rings. The Labute approximate surface area is 144 Å². The molecule has 1 fully saturated rings. The number of likely N-dealkylation sites (tertiary alicyclic amines) is 1. The maximum atomic E-state index is 13.2. The number of piperidine rings is 1. The van der Waals surface area contributed by atoms with Crippen molar-refractivity contribution in [1.29, 1.82) is 0 Å². The van der Waals surface area contributed by atoms with Gasteiger partial charge in [-0.25, -0.2) is 0 Å². The van der Waals surface area contributed by atoms with Gasteiger partial charge in [0.2, 0.25) is 5.91 Å². The average Bonchev–Trinajstić information content (AvgIpc) is 2.64. The maximum absolute atomic E-state index is 13.2. The van der Waals surface area contributed by atoms with Crippen LogP contribution in [0.3, 0.4) is 0 Å². The molecule has 0 spiro atoms. The van der Waals surface area contributed by atoms with Gasteiger partial charge >= 0.3 is 0 Å². The highest BCUT2D eigenvalue weighted by molar-refractivity contribution is 5.87. The highest BCUT2D eigenvalue weighted by atomic mass is 16.5. The quantitative estimate of drug-likeness (QED) is 0.836. The number of amides is 1. The molecule has 0 radical (unpaired) electrons. The smallest absolute Gasteiger partial charge is 0.234 e. The van der Waals surface area contributed by atoms with E-state index in [4.69, 9.17) is 4.74 Å². The number of ether oxygens (including phenoxy) is 1. The van der Waals surface area contributed by atoms with Crippen molar-refractivity contribution in [3.05, 3.63) is 71.8 Å². The number of nitrogens with zero attached hydrogens (tertiary/aromatic N) is 1. The van der Waals surface area contributed by atoms with Crippen LogP contribution in [0, 0.1) is 0 Å². The lowest BCUT2D eigenvalue weighted by Gasteiger charge is -2.34. The molecule has 3 rings (SSSR count). The molecule has 3 heteroatoms. The zero-order valence-corrected chi connectivity index (χ0v) is 14.2. The summed E-state index contributed by atoms with van der Waals surface area (Å²) in [7, 11) is 0. The molecule has 0 unspecified atom stereocenters. The van der Waals surface area contributed by atoms with Crippen LogP contribution in [0.4, 0.5) is 0 Å². The summed E-state index contributed by atoms with van der Waals surface area (Å²) >= 11 is 0. The molecule has 1 saturated heterocycles. The molecular weight excluding hydrogens is 298 g/mol. The molecular formula is C21H25NO2. The van der Waals surface area contributed by atoms with Gasteiger partial charge in [0, 0.05) is 19.7 Å². The molecule has 24 heavy (non-hydrogen) atoms. The average molecular weight is 323 g/mol. The number of carbonyl (C=O) groups is 1. The third-order valence-corrected chi connectivity index (χ3v) is 4.67. The van der Waals surface area contributed by atoms with Crippen LogP contribution >= 0.6 is 0 Å².